The van der Waals surface area contributed by atoms with Gasteiger partial charge in [0.15, 0.2) is 0 Å². The molecule has 0 radical (unpaired) electrons. The summed E-state index contributed by atoms with van der Waals surface area (Å²) in [6.45, 7) is 1.20. The lowest BCUT2D eigenvalue weighted by atomic mass is 9.68. The average Bonchev–Trinajstić information content (AvgIpc) is 3.21. The molecule has 1 saturated carbocycles. The molecule has 4 rings (SSSR count). The van der Waals surface area contributed by atoms with Crippen LogP contribution in [0.1, 0.15) is 43.7 Å². The number of esters is 1. The van der Waals surface area contributed by atoms with Crippen LogP contribution in [-0.4, -0.2) is 30.5 Å². The molecule has 1 aliphatic heterocycles. The summed E-state index contributed by atoms with van der Waals surface area (Å²) in [5, 5.41) is -0.473. The first kappa shape index (κ1) is 27.7. The fourth-order valence-corrected chi connectivity index (χ4v) is 6.03. The van der Waals surface area contributed by atoms with Crippen molar-refractivity contribution < 1.29 is 27.1 Å². The summed E-state index contributed by atoms with van der Waals surface area (Å²) in [5.74, 6) is -3.25. The van der Waals surface area contributed by atoms with E-state index in [-0.39, 0.29) is 42.3 Å². The molecule has 0 N–H and O–H groups in total. The van der Waals surface area contributed by atoms with Gasteiger partial charge >= 0.3 is 12.1 Å². The molecule has 1 fully saturated rings. The van der Waals surface area contributed by atoms with E-state index >= 15 is 13.2 Å². The van der Waals surface area contributed by atoms with Crippen LogP contribution in [0.25, 0.3) is 0 Å². The van der Waals surface area contributed by atoms with Crippen molar-refractivity contribution >= 4 is 62.4 Å². The Balaban J connectivity index is 1.87. The normalized spacial score (nSPS) is 26.6. The number of benzene rings is 2. The minimum absolute atomic E-state index is 0.0259. The second-order valence-corrected chi connectivity index (χ2v) is 11.4. The van der Waals surface area contributed by atoms with Gasteiger partial charge in [-0.2, -0.15) is 13.2 Å². The maximum atomic E-state index is 15.1. The summed E-state index contributed by atoms with van der Waals surface area (Å²) in [6, 6.07) is 5.80. The highest BCUT2D eigenvalue weighted by Gasteiger charge is 2.67. The van der Waals surface area contributed by atoms with Crippen LogP contribution in [0.15, 0.2) is 39.8 Å². The maximum Gasteiger partial charge on any atom is 0.401 e. The number of halogens is 8. The molecule has 4 unspecified atom stereocenters. The Morgan fingerprint density at radius 2 is 1.81 bits per heavy atom. The van der Waals surface area contributed by atoms with Gasteiger partial charge in [-0.3, -0.25) is 9.79 Å². The number of nitrogens with zero attached hydrogens (tertiary/aromatic N) is 1. The Morgan fingerprint density at radius 3 is 2.39 bits per heavy atom. The van der Waals surface area contributed by atoms with Crippen molar-refractivity contribution in [3.8, 4) is 0 Å². The van der Waals surface area contributed by atoms with E-state index in [4.69, 9.17) is 39.5 Å². The van der Waals surface area contributed by atoms with Crippen LogP contribution in [0.3, 0.4) is 0 Å². The number of rotatable bonds is 4. The van der Waals surface area contributed by atoms with Crippen molar-refractivity contribution in [2.24, 2.45) is 16.8 Å². The Hall–Kier alpha value is -1.35. The summed E-state index contributed by atoms with van der Waals surface area (Å²) >= 11 is 21.3. The van der Waals surface area contributed by atoms with E-state index in [0.29, 0.717) is 12.8 Å². The van der Waals surface area contributed by atoms with Gasteiger partial charge < -0.3 is 4.74 Å². The summed E-state index contributed by atoms with van der Waals surface area (Å²) in [7, 11) is 0. The number of carbonyl (C=O) groups excluding carboxylic acids is 1. The van der Waals surface area contributed by atoms with Crippen LogP contribution in [0.4, 0.5) is 17.6 Å². The molecular weight excluding hydrogens is 609 g/mol. The topological polar surface area (TPSA) is 38.7 Å². The monoisotopic (exact) mass is 627 g/mol. The number of aliphatic imine (C=N–C) groups is 1. The fourth-order valence-electron chi connectivity index (χ4n) is 5.06. The molecule has 2 aromatic rings. The fraction of sp³-hybridized carbons (Fsp3) is 0.440. The molecule has 0 spiro atoms. The van der Waals surface area contributed by atoms with E-state index in [1.54, 1.807) is 0 Å². The van der Waals surface area contributed by atoms with Crippen LogP contribution in [0, 0.1) is 17.7 Å². The van der Waals surface area contributed by atoms with Gasteiger partial charge in [-0.15, -0.1) is 0 Å². The third kappa shape index (κ3) is 5.03. The first-order valence-corrected chi connectivity index (χ1v) is 13.2. The molecule has 1 heterocycles. The minimum atomic E-state index is -4.96. The zero-order valence-electron chi connectivity index (χ0n) is 18.9. The van der Waals surface area contributed by atoms with Crippen LogP contribution in [-0.2, 0) is 14.9 Å². The number of hydrogen-bond donors (Lipinski definition) is 0. The largest absolute Gasteiger partial charge is 0.462 e. The van der Waals surface area contributed by atoms with Crippen molar-refractivity contribution in [3.05, 3.63) is 66.8 Å². The smallest absolute Gasteiger partial charge is 0.401 e. The van der Waals surface area contributed by atoms with Gasteiger partial charge in [-0.25, -0.2) is 4.39 Å². The van der Waals surface area contributed by atoms with Crippen LogP contribution in [0.5, 0.6) is 0 Å². The third-order valence-electron chi connectivity index (χ3n) is 6.89. The lowest BCUT2D eigenvalue weighted by Gasteiger charge is -2.38. The molecule has 0 bridgehead atoms. The minimum Gasteiger partial charge on any atom is -0.462 e. The van der Waals surface area contributed by atoms with E-state index in [9.17, 15) is 9.18 Å². The highest BCUT2D eigenvalue weighted by molar-refractivity contribution is 9.10. The van der Waals surface area contributed by atoms with Crippen molar-refractivity contribution in [1.82, 2.24) is 0 Å². The second-order valence-electron chi connectivity index (χ2n) is 9.32. The van der Waals surface area contributed by atoms with Crippen LogP contribution >= 0.6 is 50.7 Å². The Kier molecular flexibility index (Phi) is 8.02. The first-order valence-electron chi connectivity index (χ1n) is 11.3. The summed E-state index contributed by atoms with van der Waals surface area (Å²) < 4.78 is 64.9. The Labute approximate surface area is 229 Å². The van der Waals surface area contributed by atoms with Gasteiger partial charge in [0.05, 0.1) is 31.8 Å². The molecule has 0 saturated heterocycles. The number of hydrogen-bond acceptors (Lipinski definition) is 3. The van der Waals surface area contributed by atoms with Crippen molar-refractivity contribution in [1.29, 1.82) is 0 Å². The molecule has 11 heteroatoms. The third-order valence-corrected chi connectivity index (χ3v) is 8.70. The Bertz CT molecular complexity index is 1200. The van der Waals surface area contributed by atoms with E-state index in [1.807, 2.05) is 6.92 Å². The highest BCUT2D eigenvalue weighted by atomic mass is 79.9. The molecule has 2 aromatic carbocycles. The quantitative estimate of drug-likeness (QED) is 0.193. The molecule has 3 nitrogen and oxygen atoms in total. The molecule has 1 aliphatic carbocycles. The molecule has 2 aliphatic rings. The van der Waals surface area contributed by atoms with Crippen molar-refractivity contribution in [2.75, 3.05) is 6.54 Å². The van der Waals surface area contributed by atoms with E-state index in [0.717, 1.165) is 31.0 Å². The van der Waals surface area contributed by atoms with Gasteiger partial charge in [0, 0.05) is 0 Å². The van der Waals surface area contributed by atoms with Crippen molar-refractivity contribution in [2.45, 2.75) is 50.3 Å². The summed E-state index contributed by atoms with van der Waals surface area (Å²) in [4.78, 5) is 17.8. The molecule has 0 aromatic heterocycles. The standard InChI is InChI=1S/C25H21BrCl3F4NO2/c1-12-3-2-4-15(7-12)36-23(35)20-22(13-5-6-19(30)16(26)8-13)34-11-24(20,25(31,32)33)14-9-17(27)21(29)18(28)10-14/h5-6,8-10,12,15,20H,2-4,7,11H2,1H3. The number of carbonyl (C=O) groups is 1. The van der Waals surface area contributed by atoms with Crippen LogP contribution in [0.2, 0.25) is 15.1 Å². The van der Waals surface area contributed by atoms with Gasteiger partial charge in [-0.05, 0) is 76.5 Å². The number of alkyl halides is 3. The molecule has 36 heavy (non-hydrogen) atoms. The maximum absolute atomic E-state index is 15.1. The zero-order valence-corrected chi connectivity index (χ0v) is 22.8. The second kappa shape index (κ2) is 10.4. The van der Waals surface area contributed by atoms with Gasteiger partial charge in [0.25, 0.3) is 0 Å². The predicted octanol–water partition coefficient (Wildman–Crippen LogP) is 8.59. The van der Waals surface area contributed by atoms with E-state index < -0.39 is 41.9 Å². The lowest BCUT2D eigenvalue weighted by Crippen LogP contribution is -2.54. The lowest BCUT2D eigenvalue weighted by molar-refractivity contribution is -0.203. The Morgan fingerprint density at radius 1 is 1.14 bits per heavy atom. The molecule has 4 atom stereocenters. The predicted molar refractivity (Wildman–Crippen MR) is 136 cm³/mol. The van der Waals surface area contributed by atoms with Crippen LogP contribution < -0.4 is 0 Å². The highest BCUT2D eigenvalue weighted by Crippen LogP contribution is 2.53. The summed E-state index contributed by atoms with van der Waals surface area (Å²) in [5.41, 5.74) is -3.16. The SMILES string of the molecule is CC1CCCC(OC(=O)C2C(c3ccc(F)c(Br)c3)=NCC2(c2cc(Cl)c(Cl)c(Cl)c2)C(F)(F)F)C1. The van der Waals surface area contributed by atoms with Gasteiger partial charge in [0.2, 0.25) is 0 Å². The van der Waals surface area contributed by atoms with E-state index in [1.165, 1.54) is 12.1 Å². The molecule has 0 amide bonds. The first-order chi connectivity index (χ1) is 16.8. The molecule has 194 valence electrons. The summed E-state index contributed by atoms with van der Waals surface area (Å²) in [6.07, 6.45) is -2.57. The number of ether oxygens (including phenoxy) is 1. The zero-order chi connectivity index (χ0) is 26.4. The van der Waals surface area contributed by atoms with Gasteiger partial charge in [-0.1, -0.05) is 54.2 Å². The van der Waals surface area contributed by atoms with Gasteiger partial charge in [0.1, 0.15) is 23.3 Å². The average molecular weight is 630 g/mol. The van der Waals surface area contributed by atoms with E-state index in [2.05, 4.69) is 20.9 Å². The molecular formula is C25H21BrCl3F4NO2. The van der Waals surface area contributed by atoms with Crippen molar-refractivity contribution in [3.63, 3.8) is 0 Å².